The van der Waals surface area contributed by atoms with Crippen LogP contribution in [0.25, 0.3) is 11.0 Å². The fourth-order valence-corrected chi connectivity index (χ4v) is 5.81. The molecule has 0 aliphatic carbocycles. The molecule has 2 aromatic carbocycles. The first-order valence-corrected chi connectivity index (χ1v) is 12.2. The van der Waals surface area contributed by atoms with Crippen LogP contribution >= 0.6 is 0 Å². The lowest BCUT2D eigenvalue weighted by atomic mass is 9.92. The first kappa shape index (κ1) is 22.0. The van der Waals surface area contributed by atoms with Crippen LogP contribution in [0.3, 0.4) is 0 Å². The van der Waals surface area contributed by atoms with Crippen LogP contribution in [0, 0.1) is 23.2 Å². The highest BCUT2D eigenvalue weighted by Crippen LogP contribution is 2.36. The van der Waals surface area contributed by atoms with Gasteiger partial charge in [-0.1, -0.05) is 26.0 Å². The SMILES string of the molecule is COc1ccc(S(=O)(=O)C(C#N)c2nc3ccccc3nc2N2CC(C)CC(C)C2)cc1. The maximum absolute atomic E-state index is 13.5. The van der Waals surface area contributed by atoms with Gasteiger partial charge in [0.2, 0.25) is 9.84 Å². The lowest BCUT2D eigenvalue weighted by Gasteiger charge is -2.36. The van der Waals surface area contributed by atoms with E-state index in [0.717, 1.165) is 19.5 Å². The number of hydrogen-bond donors (Lipinski definition) is 0. The zero-order valence-corrected chi connectivity index (χ0v) is 19.2. The molecule has 0 bridgehead atoms. The van der Waals surface area contributed by atoms with Crippen molar-refractivity contribution in [3.05, 3.63) is 54.2 Å². The molecule has 1 saturated heterocycles. The summed E-state index contributed by atoms with van der Waals surface area (Å²) in [6.07, 6.45) is 1.10. The van der Waals surface area contributed by atoms with Crippen molar-refractivity contribution < 1.29 is 13.2 Å². The predicted molar refractivity (Wildman–Crippen MR) is 123 cm³/mol. The monoisotopic (exact) mass is 450 g/mol. The number of benzene rings is 2. The van der Waals surface area contributed by atoms with Crippen LogP contribution < -0.4 is 9.64 Å². The first-order valence-electron chi connectivity index (χ1n) is 10.6. The van der Waals surface area contributed by atoms with Crippen LogP contribution in [0.15, 0.2) is 53.4 Å². The Morgan fingerprint density at radius 2 is 1.62 bits per heavy atom. The Morgan fingerprint density at radius 1 is 1.03 bits per heavy atom. The van der Waals surface area contributed by atoms with Gasteiger partial charge in [-0.2, -0.15) is 5.26 Å². The highest BCUT2D eigenvalue weighted by molar-refractivity contribution is 7.92. The van der Waals surface area contributed by atoms with E-state index < -0.39 is 15.1 Å². The van der Waals surface area contributed by atoms with Crippen molar-refractivity contribution in [1.82, 2.24) is 9.97 Å². The number of nitrogens with zero attached hydrogens (tertiary/aromatic N) is 4. The molecule has 0 spiro atoms. The lowest BCUT2D eigenvalue weighted by molar-refractivity contribution is 0.355. The number of fused-ring (bicyclic) bond motifs is 1. The highest BCUT2D eigenvalue weighted by Gasteiger charge is 2.36. The third-order valence-electron chi connectivity index (χ3n) is 5.81. The lowest BCUT2D eigenvalue weighted by Crippen LogP contribution is -2.40. The van der Waals surface area contributed by atoms with Crippen molar-refractivity contribution in [2.45, 2.75) is 30.4 Å². The van der Waals surface area contributed by atoms with E-state index in [4.69, 9.17) is 9.72 Å². The Labute approximate surface area is 188 Å². The zero-order chi connectivity index (χ0) is 22.9. The number of ether oxygens (including phenoxy) is 1. The molecule has 0 N–H and O–H groups in total. The van der Waals surface area contributed by atoms with Crippen LogP contribution in [-0.2, 0) is 9.84 Å². The molecule has 1 aromatic heterocycles. The fraction of sp³-hybridized carbons (Fsp3) is 0.375. The van der Waals surface area contributed by atoms with E-state index in [0.29, 0.717) is 34.4 Å². The molecule has 0 saturated carbocycles. The number of methoxy groups -OCH3 is 1. The van der Waals surface area contributed by atoms with Crippen LogP contribution in [0.2, 0.25) is 0 Å². The Bertz CT molecular complexity index is 1260. The minimum Gasteiger partial charge on any atom is -0.497 e. The van der Waals surface area contributed by atoms with E-state index >= 15 is 0 Å². The molecule has 3 aromatic rings. The van der Waals surface area contributed by atoms with E-state index in [1.54, 1.807) is 18.2 Å². The summed E-state index contributed by atoms with van der Waals surface area (Å²) in [6, 6.07) is 15.4. The average molecular weight is 451 g/mol. The van der Waals surface area contributed by atoms with Gasteiger partial charge < -0.3 is 9.64 Å². The molecule has 0 radical (unpaired) electrons. The maximum Gasteiger partial charge on any atom is 0.200 e. The van der Waals surface area contributed by atoms with Gasteiger partial charge in [-0.05, 0) is 54.7 Å². The summed E-state index contributed by atoms with van der Waals surface area (Å²) >= 11 is 0. The van der Waals surface area contributed by atoms with E-state index in [1.165, 1.54) is 19.2 Å². The molecule has 3 unspecified atom stereocenters. The van der Waals surface area contributed by atoms with Crippen molar-refractivity contribution in [2.75, 3.05) is 25.1 Å². The molecule has 4 rings (SSSR count). The molecule has 7 nitrogen and oxygen atoms in total. The Hall–Kier alpha value is -3.18. The summed E-state index contributed by atoms with van der Waals surface area (Å²) < 4.78 is 32.2. The number of rotatable bonds is 5. The van der Waals surface area contributed by atoms with Crippen molar-refractivity contribution in [2.24, 2.45) is 11.8 Å². The molecular weight excluding hydrogens is 424 g/mol. The second-order valence-electron chi connectivity index (χ2n) is 8.50. The second-order valence-corrected chi connectivity index (χ2v) is 10.5. The van der Waals surface area contributed by atoms with Crippen molar-refractivity contribution in [3.8, 4) is 11.8 Å². The summed E-state index contributed by atoms with van der Waals surface area (Å²) in [7, 11) is -2.52. The van der Waals surface area contributed by atoms with Gasteiger partial charge in [0.1, 0.15) is 11.4 Å². The molecule has 166 valence electrons. The second kappa shape index (κ2) is 8.75. The predicted octanol–water partition coefficient (Wildman–Crippen LogP) is 4.16. The molecule has 0 amide bonds. The quantitative estimate of drug-likeness (QED) is 0.576. The zero-order valence-electron chi connectivity index (χ0n) is 18.4. The van der Waals surface area contributed by atoms with Crippen molar-refractivity contribution in [1.29, 1.82) is 5.26 Å². The standard InChI is InChI=1S/C24H26N4O3S/c1-16-12-17(2)15-28(14-16)24-23(26-20-6-4-5-7-21(20)27-24)22(13-25)32(29,30)19-10-8-18(31-3)9-11-19/h4-11,16-17,22H,12,14-15H2,1-3H3. The maximum atomic E-state index is 13.5. The van der Waals surface area contributed by atoms with Gasteiger partial charge in [0.15, 0.2) is 11.1 Å². The number of para-hydroxylation sites is 2. The van der Waals surface area contributed by atoms with Gasteiger partial charge >= 0.3 is 0 Å². The van der Waals surface area contributed by atoms with Crippen molar-refractivity contribution in [3.63, 3.8) is 0 Å². The highest BCUT2D eigenvalue weighted by atomic mass is 32.2. The molecule has 8 heteroatoms. The summed E-state index contributed by atoms with van der Waals surface area (Å²) in [5.74, 6) is 1.88. The minimum absolute atomic E-state index is 0.0474. The number of anilines is 1. The van der Waals surface area contributed by atoms with Crippen LogP contribution in [0.4, 0.5) is 5.82 Å². The molecule has 3 atom stereocenters. The number of hydrogen-bond acceptors (Lipinski definition) is 7. The Balaban J connectivity index is 1.87. The number of nitriles is 1. The van der Waals surface area contributed by atoms with Crippen LogP contribution in [0.1, 0.15) is 31.2 Å². The molecule has 1 aliphatic heterocycles. The summed E-state index contributed by atoms with van der Waals surface area (Å²) in [5.41, 5.74) is 1.42. The van der Waals surface area contributed by atoms with E-state index in [1.807, 2.05) is 24.3 Å². The van der Waals surface area contributed by atoms with Gasteiger partial charge in [-0.3, -0.25) is 0 Å². The van der Waals surface area contributed by atoms with Gasteiger partial charge in [0.25, 0.3) is 0 Å². The summed E-state index contributed by atoms with van der Waals surface area (Å²) in [6.45, 7) is 5.83. The largest absolute Gasteiger partial charge is 0.497 e. The molecule has 1 fully saturated rings. The smallest absolute Gasteiger partial charge is 0.200 e. The molecule has 32 heavy (non-hydrogen) atoms. The van der Waals surface area contributed by atoms with E-state index in [9.17, 15) is 13.7 Å². The van der Waals surface area contributed by atoms with Crippen LogP contribution in [0.5, 0.6) is 5.75 Å². The van der Waals surface area contributed by atoms with Gasteiger partial charge in [-0.25, -0.2) is 18.4 Å². The van der Waals surface area contributed by atoms with E-state index in [2.05, 4.69) is 23.7 Å². The van der Waals surface area contributed by atoms with Gasteiger partial charge in [0.05, 0.1) is 29.1 Å². The fourth-order valence-electron chi connectivity index (χ4n) is 4.43. The minimum atomic E-state index is -4.03. The molecular formula is C24H26N4O3S. The van der Waals surface area contributed by atoms with Gasteiger partial charge in [-0.15, -0.1) is 0 Å². The summed E-state index contributed by atoms with van der Waals surface area (Å²) in [5, 5.41) is 8.56. The third-order valence-corrected chi connectivity index (χ3v) is 7.69. The van der Waals surface area contributed by atoms with Crippen LogP contribution in [-0.4, -0.2) is 38.6 Å². The summed E-state index contributed by atoms with van der Waals surface area (Å²) in [4.78, 5) is 11.6. The third kappa shape index (κ3) is 4.13. The van der Waals surface area contributed by atoms with Crippen molar-refractivity contribution >= 4 is 26.7 Å². The average Bonchev–Trinajstić information content (AvgIpc) is 2.78. The number of aromatic nitrogens is 2. The topological polar surface area (TPSA) is 96.2 Å². The Kier molecular flexibility index (Phi) is 6.02. The number of sulfone groups is 1. The normalized spacial score (nSPS) is 20.0. The number of piperidine rings is 1. The molecule has 1 aliphatic rings. The van der Waals surface area contributed by atoms with E-state index in [-0.39, 0.29) is 10.6 Å². The van der Waals surface area contributed by atoms with Gasteiger partial charge in [0, 0.05) is 13.1 Å². The Morgan fingerprint density at radius 3 is 2.19 bits per heavy atom. The first-order chi connectivity index (χ1) is 15.3. The molecule has 2 heterocycles.